The third kappa shape index (κ3) is 3.07. The monoisotopic (exact) mass is 385 g/mol. The van der Waals surface area contributed by atoms with Gasteiger partial charge in [0, 0.05) is 36.8 Å². The van der Waals surface area contributed by atoms with Gasteiger partial charge in [0.05, 0.1) is 4.47 Å². The summed E-state index contributed by atoms with van der Waals surface area (Å²) in [5.41, 5.74) is 0. The van der Waals surface area contributed by atoms with E-state index in [-0.39, 0.29) is 16.1 Å². The van der Waals surface area contributed by atoms with Crippen molar-refractivity contribution in [1.29, 1.82) is 0 Å². The van der Waals surface area contributed by atoms with Gasteiger partial charge in [-0.3, -0.25) is 4.79 Å². The van der Waals surface area contributed by atoms with Gasteiger partial charge >= 0.3 is 0 Å². The van der Waals surface area contributed by atoms with Crippen molar-refractivity contribution >= 4 is 41.6 Å². The lowest BCUT2D eigenvalue weighted by molar-refractivity contribution is -0.132. The molecule has 0 N–H and O–H groups in total. The van der Waals surface area contributed by atoms with Gasteiger partial charge in [-0.05, 0) is 22.0 Å². The maximum absolute atomic E-state index is 13.7. The van der Waals surface area contributed by atoms with Crippen molar-refractivity contribution in [2.75, 3.05) is 13.6 Å². The number of carbonyl (C=O) groups is 1. The van der Waals surface area contributed by atoms with Crippen LogP contribution in [0, 0.1) is 5.82 Å². The standard InChI is InChI=1S/C11H10BrClFNO4S/c1-15-3-2-8(11(15)16)19-9-5-7(14)10(4-6(9)12)20(13,17)18/h4-5,8H,2-3H2,1H3. The zero-order chi connectivity index (χ0) is 15.1. The van der Waals surface area contributed by atoms with Crippen LogP contribution in [0.15, 0.2) is 21.5 Å². The normalized spacial score (nSPS) is 19.5. The molecular weight excluding hydrogens is 377 g/mol. The quantitative estimate of drug-likeness (QED) is 0.747. The highest BCUT2D eigenvalue weighted by Gasteiger charge is 2.31. The Morgan fingerprint density at radius 1 is 1.50 bits per heavy atom. The van der Waals surface area contributed by atoms with Gasteiger partial charge in [-0.15, -0.1) is 0 Å². The van der Waals surface area contributed by atoms with Crippen LogP contribution < -0.4 is 4.74 Å². The molecule has 0 radical (unpaired) electrons. The van der Waals surface area contributed by atoms with Crippen molar-refractivity contribution in [3.8, 4) is 5.75 Å². The molecule has 1 aromatic carbocycles. The molecule has 1 aliphatic heterocycles. The second-order valence-electron chi connectivity index (χ2n) is 4.31. The average Bonchev–Trinajstić information content (AvgIpc) is 2.64. The maximum atomic E-state index is 13.7. The Morgan fingerprint density at radius 2 is 2.15 bits per heavy atom. The number of hydrogen-bond acceptors (Lipinski definition) is 4. The Labute approximate surface area is 128 Å². The maximum Gasteiger partial charge on any atom is 0.264 e. The summed E-state index contributed by atoms with van der Waals surface area (Å²) >= 11 is 3.08. The Hall–Kier alpha value is -0.860. The Morgan fingerprint density at radius 3 is 2.65 bits per heavy atom. The number of likely N-dealkylation sites (tertiary alicyclic amines) is 1. The molecule has 0 saturated carbocycles. The van der Waals surface area contributed by atoms with Gasteiger partial charge in [0.15, 0.2) is 6.10 Å². The van der Waals surface area contributed by atoms with Crippen molar-refractivity contribution in [1.82, 2.24) is 4.90 Å². The second-order valence-corrected chi connectivity index (χ2v) is 7.69. The van der Waals surface area contributed by atoms with Crippen LogP contribution in [0.1, 0.15) is 6.42 Å². The summed E-state index contributed by atoms with van der Waals surface area (Å²) in [5.74, 6) is -1.18. The Kier molecular flexibility index (Phi) is 4.27. The van der Waals surface area contributed by atoms with Gasteiger partial charge in [0.1, 0.15) is 16.5 Å². The molecule has 0 bridgehead atoms. The first kappa shape index (κ1) is 15.5. The molecule has 1 fully saturated rings. The van der Waals surface area contributed by atoms with Gasteiger partial charge in [0.2, 0.25) is 0 Å². The van der Waals surface area contributed by atoms with Crippen LogP contribution in [-0.2, 0) is 13.8 Å². The van der Waals surface area contributed by atoms with Crippen molar-refractivity contribution in [3.05, 3.63) is 22.4 Å². The molecule has 1 aliphatic rings. The number of likely N-dealkylation sites (N-methyl/N-ethyl adjacent to an activating group) is 1. The van der Waals surface area contributed by atoms with E-state index in [0.29, 0.717) is 13.0 Å². The summed E-state index contributed by atoms with van der Waals surface area (Å²) < 4.78 is 41.7. The number of amides is 1. The summed E-state index contributed by atoms with van der Waals surface area (Å²) in [6, 6.07) is 1.90. The first-order valence-corrected chi connectivity index (χ1v) is 8.65. The van der Waals surface area contributed by atoms with E-state index in [1.54, 1.807) is 7.05 Å². The molecule has 5 nitrogen and oxygen atoms in total. The van der Waals surface area contributed by atoms with Crippen LogP contribution in [0.5, 0.6) is 5.75 Å². The third-order valence-electron chi connectivity index (χ3n) is 2.90. The van der Waals surface area contributed by atoms with Crippen molar-refractivity contribution in [2.24, 2.45) is 0 Å². The molecule has 20 heavy (non-hydrogen) atoms. The molecule has 0 spiro atoms. The molecule has 110 valence electrons. The lowest BCUT2D eigenvalue weighted by Gasteiger charge is -2.14. The van der Waals surface area contributed by atoms with E-state index in [0.717, 1.165) is 12.1 Å². The minimum atomic E-state index is -4.18. The number of ether oxygens (including phenoxy) is 1. The molecule has 1 amide bonds. The lowest BCUT2D eigenvalue weighted by atomic mass is 10.3. The molecule has 1 heterocycles. The minimum Gasteiger partial charge on any atom is -0.479 e. The largest absolute Gasteiger partial charge is 0.479 e. The van der Waals surface area contributed by atoms with Crippen LogP contribution in [0.4, 0.5) is 4.39 Å². The molecule has 1 unspecified atom stereocenters. The van der Waals surface area contributed by atoms with E-state index in [9.17, 15) is 17.6 Å². The fourth-order valence-corrected chi connectivity index (χ4v) is 3.33. The molecule has 0 aromatic heterocycles. The SMILES string of the molecule is CN1CCC(Oc2cc(F)c(S(=O)(=O)Cl)cc2Br)C1=O. The molecular formula is C11H10BrClFNO4S. The second kappa shape index (κ2) is 5.50. The highest BCUT2D eigenvalue weighted by molar-refractivity contribution is 9.10. The number of carbonyl (C=O) groups excluding carboxylic acids is 1. The zero-order valence-corrected chi connectivity index (χ0v) is 13.4. The van der Waals surface area contributed by atoms with Crippen molar-refractivity contribution in [3.63, 3.8) is 0 Å². The minimum absolute atomic E-state index is 0.0558. The van der Waals surface area contributed by atoms with Gasteiger partial charge < -0.3 is 9.64 Å². The topological polar surface area (TPSA) is 63.7 Å². The number of benzene rings is 1. The molecule has 9 heteroatoms. The van der Waals surface area contributed by atoms with Crippen LogP contribution in [0.2, 0.25) is 0 Å². The van der Waals surface area contributed by atoms with Crippen molar-refractivity contribution in [2.45, 2.75) is 17.4 Å². The number of nitrogens with zero attached hydrogens (tertiary/aromatic N) is 1. The predicted octanol–water partition coefficient (Wildman–Crippen LogP) is 2.13. The first-order valence-electron chi connectivity index (χ1n) is 5.55. The van der Waals surface area contributed by atoms with E-state index in [1.807, 2.05) is 0 Å². The third-order valence-corrected chi connectivity index (χ3v) is 4.85. The van der Waals surface area contributed by atoms with Gasteiger partial charge in [0.25, 0.3) is 15.0 Å². The molecule has 1 aromatic rings. The van der Waals surface area contributed by atoms with E-state index >= 15 is 0 Å². The van der Waals surface area contributed by atoms with Crippen LogP contribution in [0.3, 0.4) is 0 Å². The first-order chi connectivity index (χ1) is 9.20. The van der Waals surface area contributed by atoms with E-state index < -0.39 is 25.9 Å². The lowest BCUT2D eigenvalue weighted by Crippen LogP contribution is -2.29. The summed E-state index contributed by atoms with van der Waals surface area (Å²) in [6.07, 6.45) is -0.215. The highest BCUT2D eigenvalue weighted by Crippen LogP contribution is 2.33. The fourth-order valence-electron chi connectivity index (χ4n) is 1.84. The Balaban J connectivity index is 2.31. The summed E-state index contributed by atoms with van der Waals surface area (Å²) in [5, 5.41) is 0. The summed E-state index contributed by atoms with van der Waals surface area (Å²) in [4.78, 5) is 12.6. The summed E-state index contributed by atoms with van der Waals surface area (Å²) in [7, 11) is 2.57. The number of rotatable bonds is 3. The van der Waals surface area contributed by atoms with Crippen LogP contribution in [0.25, 0.3) is 0 Å². The van der Waals surface area contributed by atoms with Crippen LogP contribution in [-0.4, -0.2) is 38.9 Å². The smallest absolute Gasteiger partial charge is 0.264 e. The molecule has 2 rings (SSSR count). The van der Waals surface area contributed by atoms with Gasteiger partial charge in [-0.25, -0.2) is 12.8 Å². The van der Waals surface area contributed by atoms with E-state index in [1.165, 1.54) is 4.90 Å². The van der Waals surface area contributed by atoms with Gasteiger partial charge in [-0.2, -0.15) is 0 Å². The van der Waals surface area contributed by atoms with Crippen LogP contribution >= 0.6 is 26.6 Å². The average molecular weight is 387 g/mol. The molecule has 1 atom stereocenters. The number of hydrogen-bond donors (Lipinski definition) is 0. The Bertz CT molecular complexity index is 667. The zero-order valence-electron chi connectivity index (χ0n) is 10.3. The van der Waals surface area contributed by atoms with Crippen molar-refractivity contribution < 1.29 is 22.3 Å². The fraction of sp³-hybridized carbons (Fsp3) is 0.364. The molecule has 0 aliphatic carbocycles. The van der Waals surface area contributed by atoms with Gasteiger partial charge in [-0.1, -0.05) is 0 Å². The van der Waals surface area contributed by atoms with E-state index in [4.69, 9.17) is 15.4 Å². The number of halogens is 3. The highest BCUT2D eigenvalue weighted by atomic mass is 79.9. The predicted molar refractivity (Wildman–Crippen MR) is 73.8 cm³/mol. The molecule has 1 saturated heterocycles. The van der Waals surface area contributed by atoms with E-state index in [2.05, 4.69) is 15.9 Å². The summed E-state index contributed by atoms with van der Waals surface area (Å²) in [6.45, 7) is 0.553.